The van der Waals surface area contributed by atoms with Gasteiger partial charge in [-0.05, 0) is 41.2 Å². The maximum Gasteiger partial charge on any atom is 0.314 e. The molecule has 0 spiro atoms. The lowest BCUT2D eigenvalue weighted by atomic mass is 9.93. The number of rotatable bonds is 4. The standard InChI is InChI=1S/C23H17FN2O2S/c24-17-11-18-19(25)20(29-21(18)26-12-17)15-3-1-13(2-4-15)14-5-7-16(8-6-14)23(9-10-23)22(27)28/h1-8,11-12H,9-10,25H2,(H,27,28). The fraction of sp³-hybridized carbons (Fsp3) is 0.130. The molecule has 2 heterocycles. The smallest absolute Gasteiger partial charge is 0.314 e. The number of nitrogens with two attached hydrogens (primary N) is 1. The third kappa shape index (κ3) is 2.87. The molecule has 1 saturated carbocycles. The summed E-state index contributed by atoms with van der Waals surface area (Å²) >= 11 is 1.44. The number of carboxylic acid groups (broad SMARTS) is 1. The van der Waals surface area contributed by atoms with Crippen LogP contribution in [0.25, 0.3) is 31.8 Å². The lowest BCUT2D eigenvalue weighted by Gasteiger charge is -2.11. The van der Waals surface area contributed by atoms with Crippen LogP contribution in [0.1, 0.15) is 18.4 Å². The molecular weight excluding hydrogens is 387 g/mol. The molecule has 1 aliphatic carbocycles. The summed E-state index contributed by atoms with van der Waals surface area (Å²) in [5.41, 5.74) is 9.96. The van der Waals surface area contributed by atoms with Crippen LogP contribution in [0.15, 0.2) is 60.8 Å². The van der Waals surface area contributed by atoms with Gasteiger partial charge in [0, 0.05) is 5.39 Å². The summed E-state index contributed by atoms with van der Waals surface area (Å²) in [6, 6.07) is 17.2. The van der Waals surface area contributed by atoms with Crippen LogP contribution in [0, 0.1) is 5.82 Å². The number of nitrogens with zero attached hydrogens (tertiary/aromatic N) is 1. The van der Waals surface area contributed by atoms with Crippen LogP contribution >= 0.6 is 11.3 Å². The third-order valence-electron chi connectivity index (χ3n) is 5.63. The molecule has 29 heavy (non-hydrogen) atoms. The van der Waals surface area contributed by atoms with E-state index in [1.165, 1.54) is 23.6 Å². The van der Waals surface area contributed by atoms with Gasteiger partial charge in [0.25, 0.3) is 0 Å². The molecule has 0 radical (unpaired) electrons. The second kappa shape index (κ2) is 6.39. The van der Waals surface area contributed by atoms with Crippen LogP contribution in [0.4, 0.5) is 10.1 Å². The minimum atomic E-state index is -0.745. The first-order valence-corrected chi connectivity index (χ1v) is 10.1. The van der Waals surface area contributed by atoms with E-state index in [-0.39, 0.29) is 0 Å². The second-order valence-electron chi connectivity index (χ2n) is 7.39. The van der Waals surface area contributed by atoms with Crippen LogP contribution in [0.5, 0.6) is 0 Å². The number of aromatic nitrogens is 1. The van der Waals surface area contributed by atoms with Gasteiger partial charge in [0.2, 0.25) is 0 Å². The van der Waals surface area contributed by atoms with Crippen LogP contribution in [-0.4, -0.2) is 16.1 Å². The summed E-state index contributed by atoms with van der Waals surface area (Å²) in [6.45, 7) is 0. The molecule has 6 heteroatoms. The van der Waals surface area contributed by atoms with Gasteiger partial charge in [0.05, 0.1) is 22.2 Å². The van der Waals surface area contributed by atoms with Gasteiger partial charge in [-0.1, -0.05) is 48.5 Å². The molecule has 2 aromatic carbocycles. The van der Waals surface area contributed by atoms with Crippen molar-refractivity contribution >= 4 is 33.2 Å². The summed E-state index contributed by atoms with van der Waals surface area (Å²) < 4.78 is 13.5. The number of fused-ring (bicyclic) bond motifs is 1. The van der Waals surface area contributed by atoms with Crippen molar-refractivity contribution in [2.75, 3.05) is 5.73 Å². The van der Waals surface area contributed by atoms with Crippen molar-refractivity contribution in [2.45, 2.75) is 18.3 Å². The number of halogens is 1. The summed E-state index contributed by atoms with van der Waals surface area (Å²) in [6.07, 6.45) is 2.60. The fourth-order valence-electron chi connectivity index (χ4n) is 3.74. The molecule has 1 fully saturated rings. The van der Waals surface area contributed by atoms with Gasteiger partial charge in [-0.3, -0.25) is 4.79 Å². The first-order chi connectivity index (χ1) is 14.0. The van der Waals surface area contributed by atoms with Crippen molar-refractivity contribution in [3.05, 3.63) is 72.2 Å². The van der Waals surface area contributed by atoms with E-state index in [9.17, 15) is 14.3 Å². The lowest BCUT2D eigenvalue weighted by molar-refractivity contribution is -0.140. The number of hydrogen-bond donors (Lipinski definition) is 2. The van der Waals surface area contributed by atoms with E-state index in [4.69, 9.17) is 5.73 Å². The Hall–Kier alpha value is -3.25. The van der Waals surface area contributed by atoms with Gasteiger partial charge in [-0.15, -0.1) is 11.3 Å². The quantitative estimate of drug-likeness (QED) is 0.473. The lowest BCUT2D eigenvalue weighted by Crippen LogP contribution is -2.19. The first-order valence-electron chi connectivity index (χ1n) is 9.26. The maximum atomic E-state index is 13.5. The molecule has 1 aliphatic rings. The zero-order valence-corrected chi connectivity index (χ0v) is 16.2. The number of carboxylic acids is 1. The third-order valence-corrected chi connectivity index (χ3v) is 6.81. The van der Waals surface area contributed by atoms with E-state index >= 15 is 0 Å². The van der Waals surface area contributed by atoms with Crippen LogP contribution in [0.2, 0.25) is 0 Å². The number of pyridine rings is 1. The largest absolute Gasteiger partial charge is 0.481 e. The second-order valence-corrected chi connectivity index (χ2v) is 8.39. The molecule has 0 aliphatic heterocycles. The van der Waals surface area contributed by atoms with Crippen molar-refractivity contribution in [1.29, 1.82) is 0 Å². The van der Waals surface area contributed by atoms with Gasteiger partial charge in [0.15, 0.2) is 0 Å². The average Bonchev–Trinajstić information content (AvgIpc) is 3.49. The van der Waals surface area contributed by atoms with E-state index in [1.807, 2.05) is 48.5 Å². The fourth-order valence-corrected chi connectivity index (χ4v) is 4.79. The minimum Gasteiger partial charge on any atom is -0.481 e. The van der Waals surface area contributed by atoms with E-state index in [2.05, 4.69) is 4.98 Å². The van der Waals surface area contributed by atoms with Crippen LogP contribution in [-0.2, 0) is 10.2 Å². The molecule has 2 aromatic heterocycles. The van der Waals surface area contributed by atoms with Gasteiger partial charge in [-0.25, -0.2) is 9.37 Å². The zero-order chi connectivity index (χ0) is 20.2. The Morgan fingerprint density at radius 3 is 2.21 bits per heavy atom. The van der Waals surface area contributed by atoms with E-state index in [0.29, 0.717) is 28.7 Å². The molecule has 3 N–H and O–H groups in total. The number of benzene rings is 2. The van der Waals surface area contributed by atoms with Crippen molar-refractivity contribution in [1.82, 2.24) is 4.98 Å². The molecule has 0 amide bonds. The number of nitrogen functional groups attached to an aromatic ring is 1. The minimum absolute atomic E-state index is 0.400. The highest BCUT2D eigenvalue weighted by Gasteiger charge is 2.51. The zero-order valence-electron chi connectivity index (χ0n) is 15.4. The number of carbonyl (C=O) groups is 1. The highest BCUT2D eigenvalue weighted by Crippen LogP contribution is 2.48. The monoisotopic (exact) mass is 404 g/mol. The predicted octanol–water partition coefficient (Wildman–Crippen LogP) is 5.47. The van der Waals surface area contributed by atoms with Crippen molar-refractivity contribution < 1.29 is 14.3 Å². The Morgan fingerprint density at radius 1 is 1.03 bits per heavy atom. The molecular formula is C23H17FN2O2S. The molecule has 0 atom stereocenters. The molecule has 0 bridgehead atoms. The average molecular weight is 404 g/mol. The predicted molar refractivity (Wildman–Crippen MR) is 113 cm³/mol. The van der Waals surface area contributed by atoms with Crippen LogP contribution < -0.4 is 5.73 Å². The van der Waals surface area contributed by atoms with Crippen LogP contribution in [0.3, 0.4) is 0 Å². The van der Waals surface area contributed by atoms with E-state index in [1.54, 1.807) is 0 Å². The molecule has 0 unspecified atom stereocenters. The Labute approximate surface area is 170 Å². The normalized spacial score (nSPS) is 14.8. The van der Waals surface area contributed by atoms with E-state index < -0.39 is 17.2 Å². The number of anilines is 1. The summed E-state index contributed by atoms with van der Waals surface area (Å²) in [5.74, 6) is -1.15. The van der Waals surface area contributed by atoms with Crippen molar-refractivity contribution in [2.24, 2.45) is 0 Å². The van der Waals surface area contributed by atoms with Gasteiger partial charge in [0.1, 0.15) is 10.6 Å². The summed E-state index contributed by atoms with van der Waals surface area (Å²) in [4.78, 5) is 17.2. The highest BCUT2D eigenvalue weighted by molar-refractivity contribution is 7.22. The summed E-state index contributed by atoms with van der Waals surface area (Å²) in [7, 11) is 0. The maximum absolute atomic E-state index is 13.5. The molecule has 0 saturated heterocycles. The SMILES string of the molecule is Nc1c(-c2ccc(-c3ccc(C4(C(=O)O)CC4)cc3)cc2)sc2ncc(F)cc12. The Balaban J connectivity index is 1.45. The number of hydrogen-bond acceptors (Lipinski definition) is 4. The molecule has 5 rings (SSSR count). The topological polar surface area (TPSA) is 76.2 Å². The van der Waals surface area contributed by atoms with Gasteiger partial charge in [-0.2, -0.15) is 0 Å². The number of thiophene rings is 1. The highest BCUT2D eigenvalue weighted by atomic mass is 32.1. The Morgan fingerprint density at radius 2 is 1.62 bits per heavy atom. The van der Waals surface area contributed by atoms with E-state index in [0.717, 1.165) is 27.1 Å². The molecule has 4 aromatic rings. The van der Waals surface area contributed by atoms with Crippen molar-refractivity contribution in [3.8, 4) is 21.6 Å². The number of aliphatic carboxylic acids is 1. The Kier molecular flexibility index (Phi) is 3.93. The molecule has 144 valence electrons. The Bertz CT molecular complexity index is 1240. The van der Waals surface area contributed by atoms with Crippen molar-refractivity contribution in [3.63, 3.8) is 0 Å². The van der Waals surface area contributed by atoms with Gasteiger partial charge < -0.3 is 10.8 Å². The summed E-state index contributed by atoms with van der Waals surface area (Å²) in [5, 5.41) is 10.1. The van der Waals surface area contributed by atoms with Gasteiger partial charge >= 0.3 is 5.97 Å². The molecule has 4 nitrogen and oxygen atoms in total. The first kappa shape index (κ1) is 17.8.